The Morgan fingerprint density at radius 1 is 1.28 bits per heavy atom. The van der Waals surface area contributed by atoms with Crippen LogP contribution in [0.1, 0.15) is 18.4 Å². The van der Waals surface area contributed by atoms with E-state index in [1.807, 2.05) is 12.1 Å². The van der Waals surface area contributed by atoms with Gasteiger partial charge in [-0.25, -0.2) is 29.2 Å². The third-order valence-corrected chi connectivity index (χ3v) is 5.53. The lowest BCUT2D eigenvalue weighted by Gasteiger charge is -2.07. The van der Waals surface area contributed by atoms with Crippen molar-refractivity contribution in [1.82, 2.24) is 30.8 Å². The van der Waals surface area contributed by atoms with Gasteiger partial charge in [0.15, 0.2) is 5.82 Å². The average Bonchev–Trinajstić information content (AvgIpc) is 3.10. The van der Waals surface area contributed by atoms with Gasteiger partial charge in [0.05, 0.1) is 16.9 Å². The fourth-order valence-corrected chi connectivity index (χ4v) is 3.72. The van der Waals surface area contributed by atoms with Crippen LogP contribution in [-0.4, -0.2) is 37.7 Å². The van der Waals surface area contributed by atoms with E-state index in [-0.39, 0.29) is 12.5 Å². The molecule has 11 heteroatoms. The first kappa shape index (κ1) is 18.2. The Labute approximate surface area is 169 Å². The van der Waals surface area contributed by atoms with Gasteiger partial charge >= 0.3 is 0 Å². The molecule has 0 amide bonds. The number of aromatic amines is 1. The predicted octanol–water partition coefficient (Wildman–Crippen LogP) is 3.17. The zero-order valence-corrected chi connectivity index (χ0v) is 15.8. The number of amidine groups is 1. The Kier molecular flexibility index (Phi) is 4.32. The molecule has 1 aromatic carbocycles. The smallest absolute Gasteiger partial charge is 0.253 e. The van der Waals surface area contributed by atoms with Crippen molar-refractivity contribution in [2.75, 3.05) is 5.32 Å². The number of anilines is 1. The van der Waals surface area contributed by atoms with E-state index in [1.54, 1.807) is 18.6 Å². The monoisotopic (exact) mass is 418 g/mol. The van der Waals surface area contributed by atoms with Crippen LogP contribution in [0.2, 0.25) is 5.02 Å². The molecule has 2 fully saturated rings. The summed E-state index contributed by atoms with van der Waals surface area (Å²) in [5, 5.41) is 3.69. The van der Waals surface area contributed by atoms with Crippen LogP contribution in [0.5, 0.6) is 0 Å². The topological polar surface area (TPSA) is 103 Å². The Balaban J connectivity index is 1.26. The predicted molar refractivity (Wildman–Crippen MR) is 105 cm³/mol. The van der Waals surface area contributed by atoms with Gasteiger partial charge in [0.2, 0.25) is 5.95 Å². The molecule has 0 spiro atoms. The van der Waals surface area contributed by atoms with Crippen molar-refractivity contribution in [3.05, 3.63) is 41.3 Å². The number of aliphatic imine (C=N–C) groups is 1. The number of alkyl halides is 2. The summed E-state index contributed by atoms with van der Waals surface area (Å²) in [6.45, 7) is 0.417. The minimum Gasteiger partial charge on any atom is -0.350 e. The zero-order chi connectivity index (χ0) is 20.0. The Hall–Kier alpha value is -2.85. The Bertz CT molecular complexity index is 1100. The molecule has 150 valence electrons. The number of aromatic nitrogens is 4. The normalized spacial score (nSPS) is 24.0. The van der Waals surface area contributed by atoms with Gasteiger partial charge in [0.1, 0.15) is 11.4 Å². The van der Waals surface area contributed by atoms with E-state index < -0.39 is 11.8 Å². The van der Waals surface area contributed by atoms with Crippen molar-refractivity contribution in [2.24, 2.45) is 10.9 Å². The summed E-state index contributed by atoms with van der Waals surface area (Å²) < 4.78 is 26.4. The van der Waals surface area contributed by atoms with E-state index in [2.05, 4.69) is 41.1 Å². The van der Waals surface area contributed by atoms with Crippen LogP contribution in [0.15, 0.2) is 35.7 Å². The number of H-pyrrole nitrogens is 1. The van der Waals surface area contributed by atoms with Crippen LogP contribution in [-0.2, 0) is 6.54 Å². The lowest BCUT2D eigenvalue weighted by Crippen LogP contribution is -2.33. The van der Waals surface area contributed by atoms with Crippen molar-refractivity contribution in [3.63, 3.8) is 0 Å². The van der Waals surface area contributed by atoms with Gasteiger partial charge in [0, 0.05) is 43.6 Å². The molecule has 3 aromatic rings. The number of hydrogen-bond donors (Lipinski definition) is 4. The molecule has 0 bridgehead atoms. The summed E-state index contributed by atoms with van der Waals surface area (Å²) in [4.78, 5) is 20.2. The summed E-state index contributed by atoms with van der Waals surface area (Å²) in [7, 11) is 0. The molecular formula is C18H17ClF2N8. The summed E-state index contributed by atoms with van der Waals surface area (Å²) in [5.74, 6) is -1.80. The fraction of sp³-hybridized carbons (Fsp3) is 0.333. The first-order chi connectivity index (χ1) is 14.0. The summed E-state index contributed by atoms with van der Waals surface area (Å²) in [6.07, 6.45) is 3.52. The maximum absolute atomic E-state index is 13.2. The average molecular weight is 419 g/mol. The number of imidazole rings is 1. The molecule has 5 rings (SSSR count). The first-order valence-corrected chi connectivity index (χ1v) is 9.52. The third kappa shape index (κ3) is 3.60. The molecule has 8 nitrogen and oxygen atoms in total. The number of hydrazine groups is 1. The number of hydrogen-bond acceptors (Lipinski definition) is 6. The second-order valence-electron chi connectivity index (χ2n) is 7.14. The van der Waals surface area contributed by atoms with Gasteiger partial charge in [-0.05, 0) is 11.6 Å². The number of benzene rings is 1. The van der Waals surface area contributed by atoms with Crippen molar-refractivity contribution in [3.8, 4) is 0 Å². The van der Waals surface area contributed by atoms with Crippen LogP contribution in [0, 0.1) is 5.92 Å². The molecular weight excluding hydrogens is 402 g/mol. The molecule has 0 radical (unpaired) electrons. The number of halogens is 3. The third-order valence-electron chi connectivity index (χ3n) is 5.11. The van der Waals surface area contributed by atoms with Gasteiger partial charge in [-0.15, -0.1) is 0 Å². The Morgan fingerprint density at radius 3 is 2.97 bits per heavy atom. The van der Waals surface area contributed by atoms with Crippen LogP contribution >= 0.6 is 11.6 Å². The van der Waals surface area contributed by atoms with Gasteiger partial charge in [0.25, 0.3) is 5.92 Å². The molecule has 1 aliphatic carbocycles. The molecule has 1 aliphatic heterocycles. The number of nitrogens with zero attached hydrogens (tertiary/aromatic N) is 4. The minimum absolute atomic E-state index is 0.0756. The maximum atomic E-state index is 13.2. The van der Waals surface area contributed by atoms with E-state index >= 15 is 0 Å². The molecule has 2 atom stereocenters. The molecule has 1 unspecified atom stereocenters. The first-order valence-electron chi connectivity index (χ1n) is 9.14. The van der Waals surface area contributed by atoms with E-state index in [0.717, 1.165) is 11.1 Å². The lowest BCUT2D eigenvalue weighted by atomic mass is 10.1. The van der Waals surface area contributed by atoms with Crippen molar-refractivity contribution >= 4 is 40.2 Å². The highest BCUT2D eigenvalue weighted by Gasteiger charge is 2.61. The molecule has 2 aliphatic rings. The second-order valence-corrected chi connectivity index (χ2v) is 7.52. The van der Waals surface area contributed by atoms with E-state index in [1.165, 1.54) is 0 Å². The molecule has 3 heterocycles. The fourth-order valence-electron chi connectivity index (χ4n) is 3.43. The quantitative estimate of drug-likeness (QED) is 0.507. The summed E-state index contributed by atoms with van der Waals surface area (Å²) >= 11 is 6.40. The summed E-state index contributed by atoms with van der Waals surface area (Å²) in [6, 6.07) is 5.15. The molecule has 1 saturated heterocycles. The lowest BCUT2D eigenvalue weighted by molar-refractivity contribution is 0.0911. The minimum atomic E-state index is -2.57. The Morgan fingerprint density at radius 2 is 2.14 bits per heavy atom. The standard InChI is InChI=1S/C18H17ClF2N8/c19-15-9(1-2-11-16(15)25-8-24-11)7-23-17-22-4-3-13(27-17)26-14-5-12(28-29-14)10-6-18(10,20)21/h1-4,8,10,12,28H,5-7H2,(H,24,25)(H2,22,23,26,27,29)/t10-,12?/m0/s1. The maximum Gasteiger partial charge on any atom is 0.253 e. The highest BCUT2D eigenvalue weighted by molar-refractivity contribution is 6.35. The molecule has 2 aromatic heterocycles. The summed E-state index contributed by atoms with van der Waals surface area (Å²) in [5.41, 5.74) is 8.19. The van der Waals surface area contributed by atoms with Gasteiger partial charge in [-0.3, -0.25) is 0 Å². The van der Waals surface area contributed by atoms with Crippen LogP contribution in [0.25, 0.3) is 11.0 Å². The largest absolute Gasteiger partial charge is 0.350 e. The SMILES string of the molecule is FC1(F)C[C@H]1C1CC(=Nc2ccnc(NCc3ccc4[nH]cnc4c3Cl)n2)NN1. The van der Waals surface area contributed by atoms with E-state index in [4.69, 9.17) is 11.6 Å². The van der Waals surface area contributed by atoms with Crippen molar-refractivity contribution < 1.29 is 8.78 Å². The van der Waals surface area contributed by atoms with Gasteiger partial charge in [-0.1, -0.05) is 17.7 Å². The van der Waals surface area contributed by atoms with Gasteiger partial charge in [-0.2, -0.15) is 4.98 Å². The highest BCUT2D eigenvalue weighted by atomic mass is 35.5. The number of fused-ring (bicyclic) bond motifs is 1. The molecule has 29 heavy (non-hydrogen) atoms. The highest BCUT2D eigenvalue weighted by Crippen LogP contribution is 2.51. The van der Waals surface area contributed by atoms with Crippen LogP contribution in [0.3, 0.4) is 0 Å². The van der Waals surface area contributed by atoms with E-state index in [0.29, 0.717) is 41.1 Å². The zero-order valence-electron chi connectivity index (χ0n) is 15.1. The number of nitrogens with one attached hydrogen (secondary N) is 4. The second kappa shape index (κ2) is 6.89. The van der Waals surface area contributed by atoms with Crippen LogP contribution < -0.4 is 16.2 Å². The van der Waals surface area contributed by atoms with Crippen molar-refractivity contribution in [1.29, 1.82) is 0 Å². The van der Waals surface area contributed by atoms with Crippen LogP contribution in [0.4, 0.5) is 20.5 Å². The number of rotatable bonds is 5. The van der Waals surface area contributed by atoms with Crippen molar-refractivity contribution in [2.45, 2.75) is 31.4 Å². The van der Waals surface area contributed by atoms with E-state index in [9.17, 15) is 8.78 Å². The molecule has 1 saturated carbocycles. The van der Waals surface area contributed by atoms with Gasteiger partial charge < -0.3 is 15.7 Å². The molecule has 4 N–H and O–H groups in total.